The maximum absolute atomic E-state index is 12.8. The van der Waals surface area contributed by atoms with Gasteiger partial charge >= 0.3 is 0 Å². The van der Waals surface area contributed by atoms with Crippen LogP contribution in [0, 0.1) is 18.8 Å². The first kappa shape index (κ1) is 24.6. The summed E-state index contributed by atoms with van der Waals surface area (Å²) in [7, 11) is 2.98. The summed E-state index contributed by atoms with van der Waals surface area (Å²) in [5.41, 5.74) is 4.26. The molecule has 0 aliphatic heterocycles. The van der Waals surface area contributed by atoms with Gasteiger partial charge in [0.05, 0.1) is 14.2 Å². The lowest BCUT2D eigenvalue weighted by molar-refractivity contribution is 0.0991. The third-order valence-corrected chi connectivity index (χ3v) is 7.30. The number of amides is 1. The van der Waals surface area contributed by atoms with Crippen molar-refractivity contribution in [1.29, 1.82) is 0 Å². The molecule has 7 heteroatoms. The Kier molecular flexibility index (Phi) is 6.54. The largest absolute Gasteiger partial charge is 0.481 e. The molecule has 0 spiro atoms. The number of hydrogen-bond acceptors (Lipinski definition) is 6. The SMILES string of the molecule is COc1ccc(NC(=O)c2ccc(Oc3cc4c(cc3C)C(C)(C)C(C)C4C(C)C)o2)c(OC)n1. The predicted octanol–water partition coefficient (Wildman–Crippen LogP) is 6.71. The number of nitrogens with one attached hydrogen (secondary N) is 1. The second-order valence-electron chi connectivity index (χ2n) is 10.1. The van der Waals surface area contributed by atoms with Crippen LogP contribution in [0.4, 0.5) is 5.69 Å². The molecule has 1 aromatic carbocycles. The van der Waals surface area contributed by atoms with Crippen LogP contribution in [0.15, 0.2) is 40.8 Å². The first-order valence-electron chi connectivity index (χ1n) is 11.9. The molecule has 2 atom stereocenters. The first-order chi connectivity index (χ1) is 16.6. The van der Waals surface area contributed by atoms with E-state index in [4.69, 9.17) is 18.6 Å². The molecule has 0 saturated carbocycles. The van der Waals surface area contributed by atoms with Gasteiger partial charge in [0.25, 0.3) is 11.9 Å². The highest BCUT2D eigenvalue weighted by atomic mass is 16.6. The molecule has 2 unspecified atom stereocenters. The highest BCUT2D eigenvalue weighted by molar-refractivity contribution is 6.03. The van der Waals surface area contributed by atoms with E-state index < -0.39 is 5.91 Å². The Hall–Kier alpha value is -3.48. The van der Waals surface area contributed by atoms with Gasteiger partial charge in [-0.25, -0.2) is 0 Å². The average Bonchev–Trinajstić information content (AvgIpc) is 3.36. The second-order valence-corrected chi connectivity index (χ2v) is 10.1. The van der Waals surface area contributed by atoms with Crippen LogP contribution in [0.1, 0.15) is 67.8 Å². The molecule has 186 valence electrons. The van der Waals surface area contributed by atoms with Gasteiger partial charge in [-0.2, -0.15) is 4.98 Å². The van der Waals surface area contributed by atoms with Gasteiger partial charge in [0.2, 0.25) is 11.8 Å². The molecule has 1 aliphatic carbocycles. The molecule has 0 fully saturated rings. The van der Waals surface area contributed by atoms with Gasteiger partial charge < -0.3 is 23.9 Å². The number of benzene rings is 1. The minimum Gasteiger partial charge on any atom is -0.481 e. The Balaban J connectivity index is 1.56. The fourth-order valence-corrected chi connectivity index (χ4v) is 5.12. The normalized spacial score (nSPS) is 18.3. The van der Waals surface area contributed by atoms with Gasteiger partial charge in [-0.1, -0.05) is 40.7 Å². The van der Waals surface area contributed by atoms with Gasteiger partial charge in [-0.05, 0) is 65.0 Å². The number of nitrogens with zero attached hydrogens (tertiary/aromatic N) is 1. The van der Waals surface area contributed by atoms with Crippen LogP contribution in [0.5, 0.6) is 23.5 Å². The minimum absolute atomic E-state index is 0.0981. The summed E-state index contributed by atoms with van der Waals surface area (Å²) in [5, 5.41) is 2.75. The first-order valence-corrected chi connectivity index (χ1v) is 11.9. The third kappa shape index (κ3) is 4.47. The number of hydrogen-bond donors (Lipinski definition) is 1. The maximum Gasteiger partial charge on any atom is 0.291 e. The standard InChI is InChI=1S/C28H34N2O5/c1-15(2)25-17(4)28(5,6)19-13-16(3)22(14-18(19)25)35-24-12-10-21(34-24)26(31)29-20-9-11-23(32-7)30-27(20)33-8/h9-15,17,25H,1-8H3,(H,29,31). The van der Waals surface area contributed by atoms with Crippen LogP contribution in [0.3, 0.4) is 0 Å². The third-order valence-electron chi connectivity index (χ3n) is 7.30. The second kappa shape index (κ2) is 9.29. The number of anilines is 1. The maximum atomic E-state index is 12.8. The lowest BCUT2D eigenvalue weighted by Gasteiger charge is -2.30. The molecule has 0 bridgehead atoms. The Morgan fingerprint density at radius 2 is 1.86 bits per heavy atom. The average molecular weight is 479 g/mol. The van der Waals surface area contributed by atoms with Crippen molar-refractivity contribution in [2.75, 3.05) is 19.5 Å². The van der Waals surface area contributed by atoms with Gasteiger partial charge in [-0.15, -0.1) is 0 Å². The molecule has 1 amide bonds. The van der Waals surface area contributed by atoms with Gasteiger partial charge in [0.15, 0.2) is 5.76 Å². The molecular formula is C28H34N2O5. The lowest BCUT2D eigenvalue weighted by Crippen LogP contribution is -2.25. The number of fused-ring (bicyclic) bond motifs is 1. The topological polar surface area (TPSA) is 82.8 Å². The highest BCUT2D eigenvalue weighted by Gasteiger charge is 2.45. The number of carbonyl (C=O) groups is 1. The summed E-state index contributed by atoms with van der Waals surface area (Å²) in [6, 6.07) is 10.9. The number of rotatable bonds is 7. The van der Waals surface area contributed by atoms with E-state index in [-0.39, 0.29) is 23.0 Å². The number of methoxy groups -OCH3 is 2. The molecular weight excluding hydrogens is 444 g/mol. The van der Waals surface area contributed by atoms with E-state index in [0.717, 1.165) is 11.3 Å². The van der Waals surface area contributed by atoms with E-state index in [2.05, 4.69) is 57.1 Å². The van der Waals surface area contributed by atoms with Gasteiger partial charge in [0.1, 0.15) is 11.4 Å². The number of aromatic nitrogens is 1. The van der Waals surface area contributed by atoms with E-state index in [1.807, 2.05) is 6.92 Å². The van der Waals surface area contributed by atoms with Gasteiger partial charge in [0, 0.05) is 12.1 Å². The van der Waals surface area contributed by atoms with Crippen molar-refractivity contribution in [2.45, 2.75) is 52.9 Å². The molecule has 7 nitrogen and oxygen atoms in total. The van der Waals surface area contributed by atoms with E-state index in [1.165, 1.54) is 25.3 Å². The summed E-state index contributed by atoms with van der Waals surface area (Å²) < 4.78 is 22.2. The summed E-state index contributed by atoms with van der Waals surface area (Å²) >= 11 is 0. The Morgan fingerprint density at radius 3 is 2.51 bits per heavy atom. The number of carbonyl (C=O) groups excluding carboxylic acids is 1. The number of aryl methyl sites for hydroxylation is 1. The molecule has 1 aliphatic rings. The summed E-state index contributed by atoms with van der Waals surface area (Å²) in [4.78, 5) is 16.9. The zero-order chi connectivity index (χ0) is 25.5. The zero-order valence-electron chi connectivity index (χ0n) is 21.7. The van der Waals surface area contributed by atoms with Crippen molar-refractivity contribution in [3.63, 3.8) is 0 Å². The number of pyridine rings is 1. The van der Waals surface area contributed by atoms with Crippen molar-refractivity contribution < 1.29 is 23.4 Å². The Labute approximate surface area is 206 Å². The van der Waals surface area contributed by atoms with Crippen LogP contribution < -0.4 is 19.5 Å². The number of furan rings is 1. The number of ether oxygens (including phenoxy) is 3. The summed E-state index contributed by atoms with van der Waals surface area (Å²) in [5.74, 6) is 2.79. The van der Waals surface area contributed by atoms with Gasteiger partial charge in [-0.3, -0.25) is 4.79 Å². The molecule has 0 saturated heterocycles. The van der Waals surface area contributed by atoms with Crippen molar-refractivity contribution in [1.82, 2.24) is 4.98 Å². The molecule has 0 radical (unpaired) electrons. The monoisotopic (exact) mass is 478 g/mol. The Morgan fingerprint density at radius 1 is 1.11 bits per heavy atom. The molecule has 2 aromatic heterocycles. The quantitative estimate of drug-likeness (QED) is 0.406. The molecule has 4 rings (SSSR count). The molecule has 3 aromatic rings. The van der Waals surface area contributed by atoms with Crippen molar-refractivity contribution in [3.05, 3.63) is 58.8 Å². The van der Waals surface area contributed by atoms with Crippen molar-refractivity contribution >= 4 is 11.6 Å². The summed E-state index contributed by atoms with van der Waals surface area (Å²) in [6.45, 7) is 13.6. The highest BCUT2D eigenvalue weighted by Crippen LogP contribution is 2.54. The fourth-order valence-electron chi connectivity index (χ4n) is 5.12. The van der Waals surface area contributed by atoms with E-state index in [1.54, 1.807) is 24.3 Å². The van der Waals surface area contributed by atoms with Crippen LogP contribution in [0.2, 0.25) is 0 Å². The van der Waals surface area contributed by atoms with Crippen LogP contribution in [0.25, 0.3) is 0 Å². The minimum atomic E-state index is -0.439. The molecule has 35 heavy (non-hydrogen) atoms. The predicted molar refractivity (Wildman–Crippen MR) is 135 cm³/mol. The van der Waals surface area contributed by atoms with Crippen LogP contribution >= 0.6 is 0 Å². The van der Waals surface area contributed by atoms with Crippen LogP contribution in [-0.2, 0) is 5.41 Å². The molecule has 1 N–H and O–H groups in total. The summed E-state index contributed by atoms with van der Waals surface area (Å²) in [6.07, 6.45) is 0. The lowest BCUT2D eigenvalue weighted by atomic mass is 9.74. The molecule has 2 heterocycles. The Bertz CT molecular complexity index is 1240. The van der Waals surface area contributed by atoms with E-state index >= 15 is 0 Å². The van der Waals surface area contributed by atoms with Crippen molar-refractivity contribution in [2.24, 2.45) is 11.8 Å². The van der Waals surface area contributed by atoms with E-state index in [0.29, 0.717) is 29.3 Å². The fraction of sp³-hybridized carbons (Fsp3) is 0.429. The zero-order valence-corrected chi connectivity index (χ0v) is 21.7. The van der Waals surface area contributed by atoms with Crippen molar-refractivity contribution in [3.8, 4) is 23.5 Å². The smallest absolute Gasteiger partial charge is 0.291 e. The van der Waals surface area contributed by atoms with Crippen LogP contribution in [-0.4, -0.2) is 25.1 Å². The van der Waals surface area contributed by atoms with E-state index in [9.17, 15) is 4.79 Å².